The second-order valence-corrected chi connectivity index (χ2v) is 8.51. The van der Waals surface area contributed by atoms with Crippen LogP contribution >= 0.6 is 24.4 Å². The maximum atomic E-state index is 10.7. The van der Waals surface area contributed by atoms with E-state index in [1.165, 1.54) is 5.56 Å². The highest BCUT2D eigenvalue weighted by Crippen LogP contribution is 2.42. The van der Waals surface area contributed by atoms with Gasteiger partial charge in [-0.1, -0.05) is 42.3 Å². The van der Waals surface area contributed by atoms with Crippen LogP contribution in [0.1, 0.15) is 22.8 Å². The molecule has 0 N–H and O–H groups in total. The molecular weight excluding hydrogens is 410 g/mol. The molecule has 8 heteroatoms. The number of halogens is 1. The molecule has 1 atom stereocenters. The molecule has 1 fully saturated rings. The Labute approximate surface area is 181 Å². The number of ether oxygens (including phenoxy) is 1. The summed E-state index contributed by atoms with van der Waals surface area (Å²) in [4.78, 5) is 12.9. The Kier molecular flexibility index (Phi) is 7.77. The molecule has 0 amide bonds. The minimum atomic E-state index is -0.350. The summed E-state index contributed by atoms with van der Waals surface area (Å²) in [5.74, 6) is 1.04. The lowest BCUT2D eigenvalue weighted by atomic mass is 10.1. The van der Waals surface area contributed by atoms with Gasteiger partial charge in [0.2, 0.25) is 0 Å². The third kappa shape index (κ3) is 5.63. The molecular formula is C21H26ClN3O3S. The van der Waals surface area contributed by atoms with Gasteiger partial charge in [-0.05, 0) is 24.5 Å². The standard InChI is InChI=1S/C21H25N3O3S.ClH/c25-24(26)18-7-5-17(6-8-18)9-11-22-12-14-23(15-13-22)28-21-10-16-27-20-4-2-1-3-19(20)21;/h1-8,21H,9-16H2;1H. The summed E-state index contributed by atoms with van der Waals surface area (Å²) in [6.45, 7) is 6.03. The Morgan fingerprint density at radius 2 is 1.79 bits per heavy atom. The first kappa shape index (κ1) is 21.9. The fraction of sp³-hybridized carbons (Fsp3) is 0.429. The highest BCUT2D eigenvalue weighted by molar-refractivity contribution is 7.97. The number of hydrogen-bond donors (Lipinski definition) is 0. The van der Waals surface area contributed by atoms with Crippen LogP contribution in [0, 0.1) is 10.1 Å². The second-order valence-electron chi connectivity index (χ2n) is 7.21. The maximum absolute atomic E-state index is 10.7. The van der Waals surface area contributed by atoms with Crippen LogP contribution in [0.2, 0.25) is 0 Å². The van der Waals surface area contributed by atoms with E-state index in [1.807, 2.05) is 30.1 Å². The highest BCUT2D eigenvalue weighted by Gasteiger charge is 2.26. The van der Waals surface area contributed by atoms with Crippen molar-refractivity contribution >= 4 is 30.0 Å². The van der Waals surface area contributed by atoms with Gasteiger partial charge in [0, 0.05) is 50.4 Å². The smallest absolute Gasteiger partial charge is 0.269 e. The summed E-state index contributed by atoms with van der Waals surface area (Å²) in [6, 6.07) is 15.3. The number of nitro benzene ring substituents is 1. The summed E-state index contributed by atoms with van der Waals surface area (Å²) in [7, 11) is 0. The molecule has 29 heavy (non-hydrogen) atoms. The summed E-state index contributed by atoms with van der Waals surface area (Å²) < 4.78 is 8.27. The third-order valence-corrected chi connectivity index (χ3v) is 6.78. The van der Waals surface area contributed by atoms with E-state index in [2.05, 4.69) is 27.4 Å². The van der Waals surface area contributed by atoms with Crippen molar-refractivity contribution in [2.24, 2.45) is 0 Å². The molecule has 0 aliphatic carbocycles. The van der Waals surface area contributed by atoms with E-state index in [0.717, 1.165) is 63.5 Å². The molecule has 0 radical (unpaired) electrons. The number of para-hydroxylation sites is 1. The van der Waals surface area contributed by atoms with Gasteiger partial charge in [0.15, 0.2) is 0 Å². The lowest BCUT2D eigenvalue weighted by Gasteiger charge is -2.36. The molecule has 0 spiro atoms. The third-order valence-electron chi connectivity index (χ3n) is 5.37. The van der Waals surface area contributed by atoms with Crippen LogP contribution < -0.4 is 4.74 Å². The zero-order valence-electron chi connectivity index (χ0n) is 16.2. The highest BCUT2D eigenvalue weighted by atomic mass is 35.5. The summed E-state index contributed by atoms with van der Waals surface area (Å²) >= 11 is 1.97. The van der Waals surface area contributed by atoms with Crippen molar-refractivity contribution in [3.63, 3.8) is 0 Å². The summed E-state index contributed by atoms with van der Waals surface area (Å²) in [6.07, 6.45) is 1.99. The molecule has 2 aliphatic rings. The van der Waals surface area contributed by atoms with Gasteiger partial charge in [0.05, 0.1) is 16.8 Å². The fourth-order valence-electron chi connectivity index (χ4n) is 3.73. The van der Waals surface area contributed by atoms with E-state index >= 15 is 0 Å². The molecule has 6 nitrogen and oxygen atoms in total. The first-order valence-corrected chi connectivity index (χ1v) is 10.6. The van der Waals surface area contributed by atoms with Crippen LogP contribution in [0.4, 0.5) is 5.69 Å². The predicted octanol–water partition coefficient (Wildman–Crippen LogP) is 4.35. The molecule has 156 valence electrons. The van der Waals surface area contributed by atoms with Crippen LogP contribution in [0.25, 0.3) is 0 Å². The minimum absolute atomic E-state index is 0. The van der Waals surface area contributed by atoms with Crippen LogP contribution in [0.3, 0.4) is 0 Å². The fourth-order valence-corrected chi connectivity index (χ4v) is 4.97. The summed E-state index contributed by atoms with van der Waals surface area (Å²) in [5.41, 5.74) is 2.63. The van der Waals surface area contributed by atoms with E-state index in [9.17, 15) is 10.1 Å². The zero-order valence-corrected chi connectivity index (χ0v) is 17.9. The number of nitro groups is 1. The van der Waals surface area contributed by atoms with Gasteiger partial charge < -0.3 is 9.64 Å². The van der Waals surface area contributed by atoms with Gasteiger partial charge in [-0.3, -0.25) is 10.1 Å². The quantitative estimate of drug-likeness (QED) is 0.382. The Hall–Kier alpha value is -1.80. The van der Waals surface area contributed by atoms with Crippen LogP contribution in [-0.4, -0.2) is 53.5 Å². The number of nitrogens with zero attached hydrogens (tertiary/aromatic N) is 3. The molecule has 0 aromatic heterocycles. The lowest BCUT2D eigenvalue weighted by molar-refractivity contribution is -0.384. The molecule has 4 rings (SSSR count). The van der Waals surface area contributed by atoms with Gasteiger partial charge in [0.25, 0.3) is 5.69 Å². The van der Waals surface area contributed by atoms with Gasteiger partial charge in [-0.15, -0.1) is 12.4 Å². The lowest BCUT2D eigenvalue weighted by Crippen LogP contribution is -2.44. The van der Waals surface area contributed by atoms with Crippen LogP contribution in [-0.2, 0) is 6.42 Å². The first-order valence-electron chi connectivity index (χ1n) is 9.78. The number of fused-ring (bicyclic) bond motifs is 1. The number of hydrogen-bond acceptors (Lipinski definition) is 6. The molecule has 2 aromatic rings. The summed E-state index contributed by atoms with van der Waals surface area (Å²) in [5, 5.41) is 11.2. The van der Waals surface area contributed by atoms with Crippen molar-refractivity contribution in [1.82, 2.24) is 9.21 Å². The minimum Gasteiger partial charge on any atom is -0.493 e. The Balaban J connectivity index is 0.00000240. The maximum Gasteiger partial charge on any atom is 0.269 e. The topological polar surface area (TPSA) is 58.9 Å². The normalized spacial score (nSPS) is 19.7. The van der Waals surface area contributed by atoms with Crippen LogP contribution in [0.15, 0.2) is 48.5 Å². The van der Waals surface area contributed by atoms with Crippen molar-refractivity contribution in [1.29, 1.82) is 0 Å². The SMILES string of the molecule is Cl.O=[N+]([O-])c1ccc(CCN2CCN(SC3CCOc4ccccc43)CC2)cc1. The zero-order chi connectivity index (χ0) is 19.3. The average molecular weight is 436 g/mol. The second kappa shape index (κ2) is 10.3. The van der Waals surface area contributed by atoms with E-state index in [1.54, 1.807) is 12.1 Å². The van der Waals surface area contributed by atoms with Crippen LogP contribution in [0.5, 0.6) is 5.75 Å². The van der Waals surface area contributed by atoms with Crippen molar-refractivity contribution in [3.8, 4) is 5.75 Å². The number of non-ortho nitro benzene ring substituents is 1. The molecule has 2 aliphatic heterocycles. The Morgan fingerprint density at radius 3 is 2.52 bits per heavy atom. The molecule has 1 unspecified atom stereocenters. The van der Waals surface area contributed by atoms with Gasteiger partial charge in [0.1, 0.15) is 5.75 Å². The number of benzene rings is 2. The first-order chi connectivity index (χ1) is 13.7. The largest absolute Gasteiger partial charge is 0.493 e. The average Bonchev–Trinajstić information content (AvgIpc) is 2.74. The molecule has 1 saturated heterocycles. The van der Waals surface area contributed by atoms with Crippen molar-refractivity contribution in [3.05, 3.63) is 69.8 Å². The van der Waals surface area contributed by atoms with Crippen molar-refractivity contribution in [2.75, 3.05) is 39.3 Å². The van der Waals surface area contributed by atoms with Crippen molar-refractivity contribution in [2.45, 2.75) is 18.1 Å². The van der Waals surface area contributed by atoms with E-state index < -0.39 is 0 Å². The predicted molar refractivity (Wildman–Crippen MR) is 119 cm³/mol. The van der Waals surface area contributed by atoms with Gasteiger partial charge >= 0.3 is 0 Å². The van der Waals surface area contributed by atoms with E-state index in [4.69, 9.17) is 4.74 Å². The molecule has 0 saturated carbocycles. The number of piperazine rings is 1. The molecule has 2 aromatic carbocycles. The van der Waals surface area contributed by atoms with Gasteiger partial charge in [-0.2, -0.15) is 0 Å². The van der Waals surface area contributed by atoms with Gasteiger partial charge in [-0.25, -0.2) is 4.31 Å². The molecule has 0 bridgehead atoms. The van der Waals surface area contributed by atoms with E-state index in [-0.39, 0.29) is 23.0 Å². The van der Waals surface area contributed by atoms with E-state index in [0.29, 0.717) is 5.25 Å². The molecule has 2 heterocycles. The number of rotatable bonds is 6. The Bertz CT molecular complexity index is 813. The van der Waals surface area contributed by atoms with Crippen molar-refractivity contribution < 1.29 is 9.66 Å². The monoisotopic (exact) mass is 435 g/mol. The Morgan fingerprint density at radius 1 is 1.07 bits per heavy atom.